The van der Waals surface area contributed by atoms with E-state index in [0.29, 0.717) is 22.5 Å². The Kier molecular flexibility index (Phi) is 4.80. The van der Waals surface area contributed by atoms with E-state index in [1.54, 1.807) is 12.4 Å². The standard InChI is InChI=1S/C17H14N2O.Li/c1-12-10-13(15-6-2-4-8-18-15)17(20)14(11-12)16-7-3-5-9-19-16;/h2-11,20H,1H3;/q;+1/p-1. The normalized spacial score (nSPS) is 9.95. The van der Waals surface area contributed by atoms with Crippen molar-refractivity contribution in [3.05, 3.63) is 66.5 Å². The maximum absolute atomic E-state index is 12.6. The van der Waals surface area contributed by atoms with Crippen LogP contribution in [0.5, 0.6) is 5.75 Å². The van der Waals surface area contributed by atoms with E-state index in [2.05, 4.69) is 9.97 Å². The van der Waals surface area contributed by atoms with Gasteiger partial charge >= 0.3 is 18.9 Å². The van der Waals surface area contributed by atoms with Gasteiger partial charge in [-0.25, -0.2) is 0 Å². The van der Waals surface area contributed by atoms with Crippen molar-refractivity contribution < 1.29 is 24.0 Å². The third kappa shape index (κ3) is 3.16. The average Bonchev–Trinajstić information content (AvgIpc) is 2.51. The summed E-state index contributed by atoms with van der Waals surface area (Å²) in [4.78, 5) is 8.53. The minimum Gasteiger partial charge on any atom is -0.872 e. The molecule has 4 heteroatoms. The van der Waals surface area contributed by atoms with Gasteiger partial charge in [-0.2, -0.15) is 0 Å². The van der Waals surface area contributed by atoms with Gasteiger partial charge in [0.25, 0.3) is 0 Å². The van der Waals surface area contributed by atoms with Crippen LogP contribution < -0.4 is 24.0 Å². The average molecular weight is 268 g/mol. The largest absolute Gasteiger partial charge is 1.00 e. The maximum atomic E-state index is 12.6. The summed E-state index contributed by atoms with van der Waals surface area (Å²) in [7, 11) is 0. The van der Waals surface area contributed by atoms with Crippen LogP contribution in [-0.4, -0.2) is 9.97 Å². The maximum Gasteiger partial charge on any atom is 1.00 e. The van der Waals surface area contributed by atoms with Gasteiger partial charge < -0.3 is 5.11 Å². The van der Waals surface area contributed by atoms with E-state index >= 15 is 0 Å². The molecule has 2 heterocycles. The topological polar surface area (TPSA) is 48.8 Å². The van der Waals surface area contributed by atoms with Gasteiger partial charge in [0.05, 0.1) is 11.4 Å². The molecule has 0 aliphatic carbocycles. The molecule has 0 aliphatic heterocycles. The van der Waals surface area contributed by atoms with Crippen LogP contribution in [-0.2, 0) is 0 Å². The van der Waals surface area contributed by atoms with Gasteiger partial charge in [0.2, 0.25) is 0 Å². The van der Waals surface area contributed by atoms with E-state index in [0.717, 1.165) is 5.56 Å². The van der Waals surface area contributed by atoms with Crippen molar-refractivity contribution in [3.63, 3.8) is 0 Å². The van der Waals surface area contributed by atoms with E-state index in [-0.39, 0.29) is 24.6 Å². The first-order valence-corrected chi connectivity index (χ1v) is 6.40. The molecule has 3 rings (SSSR count). The SMILES string of the molecule is Cc1cc(-c2ccccn2)c([O-])c(-c2ccccn2)c1.[Li+]. The molecule has 0 bridgehead atoms. The molecule has 1 aromatic carbocycles. The zero-order valence-electron chi connectivity index (χ0n) is 12.1. The molecule has 3 aromatic rings. The molecule has 0 saturated heterocycles. The predicted octanol–water partition coefficient (Wildman–Crippen LogP) is 0.197. The van der Waals surface area contributed by atoms with E-state index in [9.17, 15) is 5.11 Å². The Morgan fingerprint density at radius 3 is 1.67 bits per heavy atom. The van der Waals surface area contributed by atoms with Gasteiger partial charge in [-0.1, -0.05) is 30.0 Å². The van der Waals surface area contributed by atoms with Crippen molar-refractivity contribution in [2.45, 2.75) is 6.92 Å². The summed E-state index contributed by atoms with van der Waals surface area (Å²) in [6, 6.07) is 14.9. The summed E-state index contributed by atoms with van der Waals surface area (Å²) in [5, 5.41) is 12.6. The molecule has 0 aliphatic rings. The summed E-state index contributed by atoms with van der Waals surface area (Å²) in [6.07, 6.45) is 3.38. The van der Waals surface area contributed by atoms with Crippen molar-refractivity contribution >= 4 is 0 Å². The monoisotopic (exact) mass is 268 g/mol. The van der Waals surface area contributed by atoms with Crippen molar-refractivity contribution in [2.24, 2.45) is 0 Å². The summed E-state index contributed by atoms with van der Waals surface area (Å²) in [5.41, 5.74) is 3.64. The van der Waals surface area contributed by atoms with Crippen molar-refractivity contribution in [2.75, 3.05) is 0 Å². The first kappa shape index (κ1) is 15.3. The fourth-order valence-corrected chi connectivity index (χ4v) is 2.20. The molecule has 0 spiro atoms. The Bertz CT molecular complexity index is 670. The predicted molar refractivity (Wildman–Crippen MR) is 77.1 cm³/mol. The van der Waals surface area contributed by atoms with Crippen LogP contribution >= 0.6 is 0 Å². The minimum atomic E-state index is -0.0343. The molecular formula is C17H13LiN2O. The summed E-state index contributed by atoms with van der Waals surface area (Å²) >= 11 is 0. The number of benzene rings is 1. The number of nitrogens with zero attached hydrogens (tertiary/aromatic N) is 2. The fourth-order valence-electron chi connectivity index (χ4n) is 2.20. The third-order valence-corrected chi connectivity index (χ3v) is 3.11. The second-order valence-electron chi connectivity index (χ2n) is 4.62. The second-order valence-corrected chi connectivity index (χ2v) is 4.62. The Morgan fingerprint density at radius 1 is 0.810 bits per heavy atom. The molecular weight excluding hydrogens is 255 g/mol. The Labute approximate surface area is 135 Å². The molecule has 0 atom stereocenters. The fraction of sp³-hybridized carbons (Fsp3) is 0.0588. The Hall–Kier alpha value is -2.08. The van der Waals surface area contributed by atoms with E-state index in [4.69, 9.17) is 0 Å². The molecule has 0 N–H and O–H groups in total. The zero-order chi connectivity index (χ0) is 13.9. The Morgan fingerprint density at radius 2 is 1.29 bits per heavy atom. The van der Waals surface area contributed by atoms with E-state index in [1.807, 2.05) is 55.5 Å². The van der Waals surface area contributed by atoms with Crippen LogP contribution in [0, 0.1) is 6.92 Å². The number of hydrogen-bond acceptors (Lipinski definition) is 3. The summed E-state index contributed by atoms with van der Waals surface area (Å²) < 4.78 is 0. The van der Waals surface area contributed by atoms with Crippen LogP contribution in [0.3, 0.4) is 0 Å². The van der Waals surface area contributed by atoms with Crippen LogP contribution in [0.25, 0.3) is 22.5 Å². The van der Waals surface area contributed by atoms with Crippen LogP contribution in [0.15, 0.2) is 60.9 Å². The molecule has 98 valence electrons. The van der Waals surface area contributed by atoms with Gasteiger partial charge in [-0.05, 0) is 47.9 Å². The van der Waals surface area contributed by atoms with Gasteiger partial charge in [-0.3, -0.25) is 9.97 Å². The number of rotatable bonds is 2. The summed E-state index contributed by atoms with van der Waals surface area (Å²) in [6.45, 7) is 1.97. The first-order valence-electron chi connectivity index (χ1n) is 6.40. The summed E-state index contributed by atoms with van der Waals surface area (Å²) in [5.74, 6) is -0.0343. The number of pyridine rings is 2. The second kappa shape index (κ2) is 6.58. The van der Waals surface area contributed by atoms with Gasteiger partial charge in [0, 0.05) is 12.4 Å². The van der Waals surface area contributed by atoms with Crippen LogP contribution in [0.4, 0.5) is 0 Å². The first-order chi connectivity index (χ1) is 9.75. The van der Waals surface area contributed by atoms with Crippen molar-refractivity contribution in [1.82, 2.24) is 9.97 Å². The van der Waals surface area contributed by atoms with E-state index < -0.39 is 0 Å². The van der Waals surface area contributed by atoms with Crippen molar-refractivity contribution in [1.29, 1.82) is 0 Å². The number of aryl methyl sites for hydroxylation is 1. The molecule has 0 unspecified atom stereocenters. The van der Waals surface area contributed by atoms with Gasteiger partial charge in [0.15, 0.2) is 0 Å². The molecule has 0 radical (unpaired) electrons. The molecule has 21 heavy (non-hydrogen) atoms. The number of hydrogen-bond donors (Lipinski definition) is 0. The molecule has 0 amide bonds. The van der Waals surface area contributed by atoms with Crippen molar-refractivity contribution in [3.8, 4) is 28.3 Å². The minimum absolute atomic E-state index is 0. The van der Waals surface area contributed by atoms with Gasteiger partial charge in [-0.15, -0.1) is 0 Å². The molecule has 0 fully saturated rings. The molecule has 0 saturated carbocycles. The van der Waals surface area contributed by atoms with Crippen LogP contribution in [0.1, 0.15) is 5.56 Å². The van der Waals surface area contributed by atoms with E-state index in [1.165, 1.54) is 0 Å². The Balaban J connectivity index is 0.00000161. The zero-order valence-corrected chi connectivity index (χ0v) is 12.1. The smallest absolute Gasteiger partial charge is 0.872 e. The quantitative estimate of drug-likeness (QED) is 0.624. The molecule has 2 aromatic heterocycles. The molecule has 3 nitrogen and oxygen atoms in total. The van der Waals surface area contributed by atoms with Gasteiger partial charge in [0.1, 0.15) is 0 Å². The number of aromatic nitrogens is 2. The van der Waals surface area contributed by atoms with Crippen LogP contribution in [0.2, 0.25) is 0 Å². The third-order valence-electron chi connectivity index (χ3n) is 3.11.